The van der Waals surface area contributed by atoms with Crippen LogP contribution in [-0.4, -0.2) is 18.2 Å². The molecule has 1 saturated heterocycles. The molecular formula is C24H20N2O2S. The molecule has 1 amide bonds. The Balaban J connectivity index is 1.70. The van der Waals surface area contributed by atoms with Gasteiger partial charge in [-0.1, -0.05) is 60.7 Å². The Morgan fingerprint density at radius 2 is 1.59 bits per heavy atom. The maximum absolute atomic E-state index is 13.2. The number of benzene rings is 3. The number of carbonyl (C=O) groups excluding carboxylic acids is 1. The Bertz CT molecular complexity index is 1050. The van der Waals surface area contributed by atoms with E-state index in [0.717, 1.165) is 22.5 Å². The van der Waals surface area contributed by atoms with Crippen molar-refractivity contribution in [2.75, 3.05) is 12.0 Å². The van der Waals surface area contributed by atoms with Crippen LogP contribution >= 0.6 is 11.8 Å². The number of hydrogen-bond acceptors (Lipinski definition) is 4. The summed E-state index contributed by atoms with van der Waals surface area (Å²) in [4.78, 5) is 20.3. The first kappa shape index (κ1) is 19.2. The van der Waals surface area contributed by atoms with Crippen molar-refractivity contribution in [3.63, 3.8) is 0 Å². The first-order valence-corrected chi connectivity index (χ1v) is 10.1. The summed E-state index contributed by atoms with van der Waals surface area (Å²) < 4.78 is 5.16. The van der Waals surface area contributed by atoms with E-state index >= 15 is 0 Å². The van der Waals surface area contributed by atoms with Gasteiger partial charge in [0.2, 0.25) is 0 Å². The molecule has 0 atom stereocenters. The van der Waals surface area contributed by atoms with Crippen molar-refractivity contribution >= 4 is 40.3 Å². The normalized spacial score (nSPS) is 16.7. The number of nitrogens with zero attached hydrogens (tertiary/aromatic N) is 2. The maximum Gasteiger partial charge on any atom is 0.271 e. The van der Waals surface area contributed by atoms with Crippen molar-refractivity contribution in [2.24, 2.45) is 4.99 Å². The quantitative estimate of drug-likeness (QED) is 0.520. The van der Waals surface area contributed by atoms with E-state index in [2.05, 4.69) is 0 Å². The molecule has 1 heterocycles. The monoisotopic (exact) mass is 400 g/mol. The Morgan fingerprint density at radius 1 is 0.931 bits per heavy atom. The van der Waals surface area contributed by atoms with E-state index < -0.39 is 0 Å². The molecule has 29 heavy (non-hydrogen) atoms. The number of aliphatic imine (C=N–C) groups is 1. The summed E-state index contributed by atoms with van der Waals surface area (Å²) in [6.07, 6.45) is 1.91. The number of hydrogen-bond donors (Lipinski definition) is 0. The molecule has 1 aliphatic rings. The van der Waals surface area contributed by atoms with Crippen LogP contribution in [0.5, 0.6) is 0 Å². The molecule has 144 valence electrons. The van der Waals surface area contributed by atoms with Gasteiger partial charge in [-0.15, -0.1) is 0 Å². The van der Waals surface area contributed by atoms with Gasteiger partial charge in [0.1, 0.15) is 0 Å². The van der Waals surface area contributed by atoms with Gasteiger partial charge in [0.05, 0.1) is 22.9 Å². The lowest BCUT2D eigenvalue weighted by molar-refractivity contribution is -0.113. The van der Waals surface area contributed by atoms with Crippen molar-refractivity contribution in [3.8, 4) is 0 Å². The number of amides is 1. The molecule has 0 saturated carbocycles. The summed E-state index contributed by atoms with van der Waals surface area (Å²) >= 11 is 1.39. The van der Waals surface area contributed by atoms with E-state index in [1.807, 2.05) is 91.0 Å². The molecule has 0 radical (unpaired) electrons. The van der Waals surface area contributed by atoms with Crippen molar-refractivity contribution in [1.29, 1.82) is 0 Å². The molecule has 5 heteroatoms. The van der Waals surface area contributed by atoms with Crippen molar-refractivity contribution in [2.45, 2.75) is 6.61 Å². The van der Waals surface area contributed by atoms with Crippen LogP contribution in [0.2, 0.25) is 0 Å². The van der Waals surface area contributed by atoms with Crippen LogP contribution in [-0.2, 0) is 16.1 Å². The number of methoxy groups -OCH3 is 1. The van der Waals surface area contributed by atoms with E-state index in [9.17, 15) is 4.79 Å². The number of amidine groups is 1. The van der Waals surface area contributed by atoms with Gasteiger partial charge in [0.15, 0.2) is 5.17 Å². The Labute approximate surface area is 174 Å². The highest BCUT2D eigenvalue weighted by molar-refractivity contribution is 8.19. The average molecular weight is 401 g/mol. The zero-order valence-corrected chi connectivity index (χ0v) is 16.8. The third kappa shape index (κ3) is 4.47. The van der Waals surface area contributed by atoms with E-state index in [1.165, 1.54) is 11.8 Å². The molecule has 4 rings (SSSR count). The minimum Gasteiger partial charge on any atom is -0.380 e. The Morgan fingerprint density at radius 3 is 2.24 bits per heavy atom. The van der Waals surface area contributed by atoms with Gasteiger partial charge in [0, 0.05) is 7.11 Å². The number of ether oxygens (including phenoxy) is 1. The second-order valence-electron chi connectivity index (χ2n) is 6.49. The largest absolute Gasteiger partial charge is 0.380 e. The number of carbonyl (C=O) groups is 1. The van der Waals surface area contributed by atoms with Crippen LogP contribution in [0.25, 0.3) is 6.08 Å². The van der Waals surface area contributed by atoms with Gasteiger partial charge < -0.3 is 4.74 Å². The Kier molecular flexibility index (Phi) is 5.89. The van der Waals surface area contributed by atoms with Gasteiger partial charge in [0.25, 0.3) is 5.91 Å². The molecule has 0 bridgehead atoms. The lowest BCUT2D eigenvalue weighted by Gasteiger charge is -2.15. The molecule has 0 aliphatic carbocycles. The first-order valence-electron chi connectivity index (χ1n) is 9.25. The fourth-order valence-electron chi connectivity index (χ4n) is 2.99. The van der Waals surface area contributed by atoms with Crippen LogP contribution in [0.1, 0.15) is 11.1 Å². The van der Waals surface area contributed by atoms with E-state index in [0.29, 0.717) is 16.7 Å². The van der Waals surface area contributed by atoms with E-state index in [4.69, 9.17) is 9.73 Å². The third-order valence-corrected chi connectivity index (χ3v) is 5.36. The molecular weight excluding hydrogens is 380 g/mol. The molecule has 3 aromatic rings. The van der Waals surface area contributed by atoms with Crippen LogP contribution < -0.4 is 4.90 Å². The predicted octanol–water partition coefficient (Wildman–Crippen LogP) is 5.64. The summed E-state index contributed by atoms with van der Waals surface area (Å²) in [5.74, 6) is -0.0724. The van der Waals surface area contributed by atoms with E-state index in [1.54, 1.807) is 12.0 Å². The van der Waals surface area contributed by atoms with Crippen LogP contribution in [0, 0.1) is 0 Å². The third-order valence-electron chi connectivity index (χ3n) is 4.39. The highest BCUT2D eigenvalue weighted by Crippen LogP contribution is 2.37. The fourth-order valence-corrected chi connectivity index (χ4v) is 4.00. The summed E-state index contributed by atoms with van der Waals surface area (Å²) in [6, 6.07) is 27.3. The molecule has 0 aromatic heterocycles. The zero-order valence-electron chi connectivity index (χ0n) is 16.0. The van der Waals surface area contributed by atoms with Crippen LogP contribution in [0.3, 0.4) is 0 Å². The van der Waals surface area contributed by atoms with Gasteiger partial charge >= 0.3 is 0 Å². The van der Waals surface area contributed by atoms with Crippen LogP contribution in [0.4, 0.5) is 11.4 Å². The van der Waals surface area contributed by atoms with E-state index in [-0.39, 0.29) is 5.91 Å². The van der Waals surface area contributed by atoms with Crippen molar-refractivity contribution in [1.82, 2.24) is 0 Å². The average Bonchev–Trinajstić information content (AvgIpc) is 3.05. The number of thioether (sulfide) groups is 1. The van der Waals surface area contributed by atoms with Gasteiger partial charge in [-0.2, -0.15) is 0 Å². The molecule has 3 aromatic carbocycles. The summed E-state index contributed by atoms with van der Waals surface area (Å²) in [5, 5.41) is 0.648. The highest BCUT2D eigenvalue weighted by atomic mass is 32.2. The molecule has 1 fully saturated rings. The summed E-state index contributed by atoms with van der Waals surface area (Å²) in [7, 11) is 1.68. The molecule has 4 nitrogen and oxygen atoms in total. The van der Waals surface area contributed by atoms with Crippen LogP contribution in [0.15, 0.2) is 94.8 Å². The van der Waals surface area contributed by atoms with Crippen molar-refractivity contribution in [3.05, 3.63) is 101 Å². The number of rotatable bonds is 5. The SMILES string of the molecule is COCc1ccc(/C=C2\SC(=Nc3ccccc3)N(c3ccccc3)C2=O)cc1. The first-order chi connectivity index (χ1) is 14.2. The minimum atomic E-state index is -0.0724. The predicted molar refractivity (Wildman–Crippen MR) is 120 cm³/mol. The second kappa shape index (κ2) is 8.90. The molecule has 0 spiro atoms. The van der Waals surface area contributed by atoms with Gasteiger partial charge in [-0.05, 0) is 53.2 Å². The topological polar surface area (TPSA) is 41.9 Å². The smallest absolute Gasteiger partial charge is 0.271 e. The Hall–Kier alpha value is -3.15. The maximum atomic E-state index is 13.2. The van der Waals surface area contributed by atoms with Gasteiger partial charge in [-0.3, -0.25) is 9.69 Å². The second-order valence-corrected chi connectivity index (χ2v) is 7.50. The lowest BCUT2D eigenvalue weighted by atomic mass is 10.1. The summed E-state index contributed by atoms with van der Waals surface area (Å²) in [5.41, 5.74) is 3.68. The molecule has 0 unspecified atom stereocenters. The minimum absolute atomic E-state index is 0.0724. The van der Waals surface area contributed by atoms with Crippen molar-refractivity contribution < 1.29 is 9.53 Å². The highest BCUT2D eigenvalue weighted by Gasteiger charge is 2.34. The molecule has 1 aliphatic heterocycles. The summed E-state index contributed by atoms with van der Waals surface area (Å²) in [6.45, 7) is 0.570. The van der Waals surface area contributed by atoms with Gasteiger partial charge in [-0.25, -0.2) is 4.99 Å². The molecule has 0 N–H and O–H groups in total. The standard InChI is InChI=1S/C24H20N2O2S/c1-28-17-19-14-12-18(13-15-19)16-22-23(27)26(21-10-6-3-7-11-21)24(29-22)25-20-8-4-2-5-9-20/h2-16H,17H2,1H3/b22-16-,25-24?. The fraction of sp³-hybridized carbons (Fsp3) is 0.0833. The zero-order chi connectivity index (χ0) is 20.1. The number of anilines is 1. The lowest BCUT2D eigenvalue weighted by Crippen LogP contribution is -2.28. The number of para-hydroxylation sites is 2.